The topological polar surface area (TPSA) is 40.5 Å². The van der Waals surface area contributed by atoms with Crippen molar-refractivity contribution in [3.8, 4) is 0 Å². The molecule has 1 aromatic rings. The molecule has 0 unspecified atom stereocenters. The first-order chi connectivity index (χ1) is 7.90. The van der Waals surface area contributed by atoms with E-state index in [9.17, 15) is 10.2 Å². The van der Waals surface area contributed by atoms with Crippen LogP contribution in [0.5, 0.6) is 0 Å². The Balaban J connectivity index is 2.90. The standard InChI is InChI=1S/C14H22O2S/c1-14(2,3)12(9-15)13(16)10-5-7-11(17-4)8-6-10/h5-8,12-13,15-16H,9H2,1-4H3/t12-,13-/m0/s1. The summed E-state index contributed by atoms with van der Waals surface area (Å²) >= 11 is 1.68. The van der Waals surface area contributed by atoms with Crippen LogP contribution in [0.2, 0.25) is 0 Å². The summed E-state index contributed by atoms with van der Waals surface area (Å²) in [5.41, 5.74) is 0.753. The van der Waals surface area contributed by atoms with Gasteiger partial charge in [-0.15, -0.1) is 11.8 Å². The molecule has 2 atom stereocenters. The third-order valence-corrected chi connectivity index (χ3v) is 3.89. The Bertz CT molecular complexity index is 340. The summed E-state index contributed by atoms with van der Waals surface area (Å²) in [6.45, 7) is 6.10. The van der Waals surface area contributed by atoms with Gasteiger partial charge in [-0.05, 0) is 29.4 Å². The van der Waals surface area contributed by atoms with E-state index in [2.05, 4.69) is 0 Å². The van der Waals surface area contributed by atoms with E-state index >= 15 is 0 Å². The van der Waals surface area contributed by atoms with E-state index in [1.165, 1.54) is 4.90 Å². The third-order valence-electron chi connectivity index (χ3n) is 3.15. The zero-order valence-electron chi connectivity index (χ0n) is 11.0. The molecule has 1 aromatic carbocycles. The van der Waals surface area contributed by atoms with Gasteiger partial charge >= 0.3 is 0 Å². The number of rotatable bonds is 4. The van der Waals surface area contributed by atoms with E-state index in [1.54, 1.807) is 11.8 Å². The molecule has 0 aromatic heterocycles. The van der Waals surface area contributed by atoms with Gasteiger partial charge in [0.05, 0.1) is 6.10 Å². The second-order valence-electron chi connectivity index (χ2n) is 5.37. The lowest BCUT2D eigenvalue weighted by atomic mass is 9.76. The minimum atomic E-state index is -0.615. The molecule has 0 saturated carbocycles. The van der Waals surface area contributed by atoms with Crippen molar-refractivity contribution in [3.05, 3.63) is 29.8 Å². The van der Waals surface area contributed by atoms with E-state index in [4.69, 9.17) is 0 Å². The van der Waals surface area contributed by atoms with Crippen molar-refractivity contribution in [2.24, 2.45) is 11.3 Å². The predicted octanol–water partition coefficient (Wildman–Crippen LogP) is 3.10. The highest BCUT2D eigenvalue weighted by atomic mass is 32.2. The first kappa shape index (κ1) is 14.6. The molecule has 0 aliphatic heterocycles. The molecule has 0 spiro atoms. The number of hydrogen-bond donors (Lipinski definition) is 2. The predicted molar refractivity (Wildman–Crippen MR) is 73.2 cm³/mol. The maximum absolute atomic E-state index is 10.3. The zero-order valence-corrected chi connectivity index (χ0v) is 11.8. The van der Waals surface area contributed by atoms with Crippen LogP contribution in [-0.4, -0.2) is 23.1 Å². The maximum atomic E-state index is 10.3. The Morgan fingerprint density at radius 1 is 1.18 bits per heavy atom. The molecule has 0 aliphatic rings. The summed E-state index contributed by atoms with van der Waals surface area (Å²) in [5, 5.41) is 19.7. The van der Waals surface area contributed by atoms with Crippen molar-refractivity contribution in [2.45, 2.75) is 31.8 Å². The average Bonchev–Trinajstić information content (AvgIpc) is 2.28. The van der Waals surface area contributed by atoms with Crippen LogP contribution in [0, 0.1) is 11.3 Å². The molecular formula is C14H22O2S. The fraction of sp³-hybridized carbons (Fsp3) is 0.571. The highest BCUT2D eigenvalue weighted by Crippen LogP contribution is 2.36. The lowest BCUT2D eigenvalue weighted by Gasteiger charge is -2.33. The second kappa shape index (κ2) is 5.89. The molecule has 3 heteroatoms. The highest BCUT2D eigenvalue weighted by molar-refractivity contribution is 7.98. The highest BCUT2D eigenvalue weighted by Gasteiger charge is 2.31. The Kier molecular flexibility index (Phi) is 5.04. The normalized spacial score (nSPS) is 15.6. The van der Waals surface area contributed by atoms with Crippen LogP contribution in [0.25, 0.3) is 0 Å². The van der Waals surface area contributed by atoms with Crippen LogP contribution < -0.4 is 0 Å². The second-order valence-corrected chi connectivity index (χ2v) is 6.25. The molecule has 2 N–H and O–H groups in total. The minimum Gasteiger partial charge on any atom is -0.396 e. The van der Waals surface area contributed by atoms with Gasteiger partial charge in [-0.2, -0.15) is 0 Å². The number of thioether (sulfide) groups is 1. The maximum Gasteiger partial charge on any atom is 0.0845 e. The molecule has 0 radical (unpaired) electrons. The lowest BCUT2D eigenvalue weighted by molar-refractivity contribution is 0.00419. The van der Waals surface area contributed by atoms with Crippen molar-refractivity contribution in [3.63, 3.8) is 0 Å². The van der Waals surface area contributed by atoms with Gasteiger partial charge in [0.25, 0.3) is 0 Å². The van der Waals surface area contributed by atoms with Crippen molar-refractivity contribution < 1.29 is 10.2 Å². The Labute approximate surface area is 108 Å². The summed E-state index contributed by atoms with van der Waals surface area (Å²) in [5.74, 6) is -0.150. The monoisotopic (exact) mass is 254 g/mol. The van der Waals surface area contributed by atoms with Gasteiger partial charge in [0.2, 0.25) is 0 Å². The van der Waals surface area contributed by atoms with Gasteiger partial charge in [0, 0.05) is 17.4 Å². The van der Waals surface area contributed by atoms with Crippen LogP contribution >= 0.6 is 11.8 Å². The molecule has 0 fully saturated rings. The van der Waals surface area contributed by atoms with E-state index in [-0.39, 0.29) is 17.9 Å². The lowest BCUT2D eigenvalue weighted by Crippen LogP contribution is -2.30. The summed E-state index contributed by atoms with van der Waals surface area (Å²) in [7, 11) is 0. The van der Waals surface area contributed by atoms with E-state index < -0.39 is 6.10 Å². The molecule has 96 valence electrons. The van der Waals surface area contributed by atoms with Crippen LogP contribution in [0.15, 0.2) is 29.2 Å². The van der Waals surface area contributed by atoms with Crippen LogP contribution in [0.1, 0.15) is 32.4 Å². The van der Waals surface area contributed by atoms with Crippen molar-refractivity contribution in [1.29, 1.82) is 0 Å². The SMILES string of the molecule is CSc1ccc([C@H](O)[C@H](CO)C(C)(C)C)cc1. The molecule has 17 heavy (non-hydrogen) atoms. The number of aliphatic hydroxyl groups excluding tert-OH is 2. The van der Waals surface area contributed by atoms with Crippen LogP contribution in [-0.2, 0) is 0 Å². The first-order valence-electron chi connectivity index (χ1n) is 5.83. The fourth-order valence-corrected chi connectivity index (χ4v) is 2.29. The van der Waals surface area contributed by atoms with Crippen molar-refractivity contribution in [1.82, 2.24) is 0 Å². The number of hydrogen-bond acceptors (Lipinski definition) is 3. The largest absolute Gasteiger partial charge is 0.396 e. The summed E-state index contributed by atoms with van der Waals surface area (Å²) in [4.78, 5) is 1.18. The number of benzene rings is 1. The van der Waals surface area contributed by atoms with Crippen molar-refractivity contribution in [2.75, 3.05) is 12.9 Å². The van der Waals surface area contributed by atoms with Gasteiger partial charge < -0.3 is 10.2 Å². The first-order valence-corrected chi connectivity index (χ1v) is 7.05. The Morgan fingerprint density at radius 2 is 1.71 bits per heavy atom. The van der Waals surface area contributed by atoms with Crippen LogP contribution in [0.4, 0.5) is 0 Å². The van der Waals surface area contributed by atoms with Gasteiger partial charge in [0.1, 0.15) is 0 Å². The fourth-order valence-electron chi connectivity index (χ4n) is 1.88. The molecule has 0 heterocycles. The molecule has 0 bridgehead atoms. The third kappa shape index (κ3) is 3.73. The summed E-state index contributed by atoms with van der Waals surface area (Å²) in [6.07, 6.45) is 1.41. The molecular weight excluding hydrogens is 232 g/mol. The van der Waals surface area contributed by atoms with Crippen molar-refractivity contribution >= 4 is 11.8 Å². The molecule has 1 rings (SSSR count). The Morgan fingerprint density at radius 3 is 2.06 bits per heavy atom. The summed E-state index contributed by atoms with van der Waals surface area (Å²) < 4.78 is 0. The molecule has 0 aliphatic carbocycles. The van der Waals surface area contributed by atoms with Gasteiger partial charge in [-0.1, -0.05) is 32.9 Å². The zero-order chi connectivity index (χ0) is 13.1. The molecule has 0 saturated heterocycles. The molecule has 2 nitrogen and oxygen atoms in total. The van der Waals surface area contributed by atoms with E-state index in [1.807, 2.05) is 51.3 Å². The minimum absolute atomic E-state index is 0.00501. The quantitative estimate of drug-likeness (QED) is 0.811. The summed E-state index contributed by atoms with van der Waals surface area (Å²) in [6, 6.07) is 7.87. The Hall–Kier alpha value is -0.510. The number of aliphatic hydroxyl groups is 2. The van der Waals surface area contributed by atoms with E-state index in [0.717, 1.165) is 5.56 Å². The average molecular weight is 254 g/mol. The van der Waals surface area contributed by atoms with E-state index in [0.29, 0.717) is 0 Å². The van der Waals surface area contributed by atoms with Gasteiger partial charge in [-0.25, -0.2) is 0 Å². The smallest absolute Gasteiger partial charge is 0.0845 e. The van der Waals surface area contributed by atoms with Gasteiger partial charge in [-0.3, -0.25) is 0 Å². The van der Waals surface area contributed by atoms with Crippen LogP contribution in [0.3, 0.4) is 0 Å². The molecule has 0 amide bonds. The van der Waals surface area contributed by atoms with Gasteiger partial charge in [0.15, 0.2) is 0 Å².